The summed E-state index contributed by atoms with van der Waals surface area (Å²) in [5, 5.41) is 8.89. The second-order valence-electron chi connectivity index (χ2n) is 7.07. The predicted octanol–water partition coefficient (Wildman–Crippen LogP) is 3.02. The van der Waals surface area contributed by atoms with E-state index in [1.165, 1.54) is 0 Å². The van der Waals surface area contributed by atoms with E-state index in [1.54, 1.807) is 17.4 Å². The molecule has 0 bridgehead atoms. The van der Waals surface area contributed by atoms with Crippen LogP contribution >= 0.6 is 11.3 Å². The number of rotatable bonds is 6. The van der Waals surface area contributed by atoms with Crippen molar-refractivity contribution in [3.8, 4) is 10.6 Å². The lowest BCUT2D eigenvalue weighted by Gasteiger charge is -2.37. The minimum absolute atomic E-state index is 0.00461. The van der Waals surface area contributed by atoms with Gasteiger partial charge in [-0.2, -0.15) is 0 Å². The monoisotopic (exact) mass is 400 g/mol. The molecular weight excluding hydrogens is 376 g/mol. The molecule has 8 heteroatoms. The number of hydrogen-bond donors (Lipinski definition) is 1. The van der Waals surface area contributed by atoms with Gasteiger partial charge in [-0.15, -0.1) is 11.3 Å². The van der Waals surface area contributed by atoms with E-state index in [4.69, 9.17) is 8.94 Å². The second kappa shape index (κ2) is 8.30. The number of thiophene rings is 1. The molecule has 1 atom stereocenters. The van der Waals surface area contributed by atoms with Crippen LogP contribution in [-0.2, 0) is 0 Å². The molecule has 0 spiro atoms. The van der Waals surface area contributed by atoms with Crippen LogP contribution in [0.5, 0.6) is 0 Å². The Kier molecular flexibility index (Phi) is 5.61. The Morgan fingerprint density at radius 3 is 2.79 bits per heavy atom. The molecule has 4 heterocycles. The Morgan fingerprint density at radius 2 is 2.11 bits per heavy atom. The number of piperazine rings is 1. The zero-order valence-electron chi connectivity index (χ0n) is 16.1. The molecule has 7 nitrogen and oxygen atoms in total. The summed E-state index contributed by atoms with van der Waals surface area (Å²) < 4.78 is 11.2. The van der Waals surface area contributed by atoms with Gasteiger partial charge in [0.1, 0.15) is 11.5 Å². The molecule has 3 aromatic rings. The van der Waals surface area contributed by atoms with E-state index in [-0.39, 0.29) is 17.6 Å². The highest BCUT2D eigenvalue weighted by Crippen LogP contribution is 2.26. The van der Waals surface area contributed by atoms with Gasteiger partial charge in [-0.3, -0.25) is 9.69 Å². The highest BCUT2D eigenvalue weighted by molar-refractivity contribution is 7.13. The van der Waals surface area contributed by atoms with E-state index in [0.717, 1.165) is 42.6 Å². The van der Waals surface area contributed by atoms with E-state index in [0.29, 0.717) is 12.3 Å². The second-order valence-corrected chi connectivity index (χ2v) is 8.01. The van der Waals surface area contributed by atoms with Crippen molar-refractivity contribution < 1.29 is 13.7 Å². The minimum atomic E-state index is -0.242. The Hall–Kier alpha value is -2.42. The number of nitrogens with one attached hydrogen (secondary N) is 1. The molecule has 28 heavy (non-hydrogen) atoms. The van der Waals surface area contributed by atoms with Crippen LogP contribution in [0.1, 0.15) is 28.1 Å². The van der Waals surface area contributed by atoms with Crippen LogP contribution < -0.4 is 5.32 Å². The molecule has 1 N–H and O–H groups in total. The largest absolute Gasteiger partial charge is 0.465 e. The van der Waals surface area contributed by atoms with Crippen LogP contribution in [0.15, 0.2) is 44.7 Å². The van der Waals surface area contributed by atoms with Gasteiger partial charge in [0.05, 0.1) is 10.9 Å². The van der Waals surface area contributed by atoms with Crippen molar-refractivity contribution in [2.24, 2.45) is 0 Å². The molecule has 3 aromatic heterocycles. The standard InChI is InChI=1S/C20H24N4O3S/c1-14-5-6-17(26-14)16(24-9-7-23(2)8-10-24)13-21-20(25)15-12-18(27-22-15)19-4-3-11-28-19/h3-6,11-12,16H,7-10,13H2,1-2H3,(H,21,25). The molecule has 1 aliphatic rings. The average molecular weight is 401 g/mol. The molecule has 4 rings (SSSR count). The number of carbonyl (C=O) groups excluding carboxylic acids is 1. The van der Waals surface area contributed by atoms with Crippen LogP contribution in [0.4, 0.5) is 0 Å². The maximum Gasteiger partial charge on any atom is 0.273 e. The van der Waals surface area contributed by atoms with Gasteiger partial charge in [-0.25, -0.2) is 0 Å². The molecule has 1 aliphatic heterocycles. The SMILES string of the molecule is Cc1ccc(C(CNC(=O)c2cc(-c3cccs3)on2)N2CCN(C)CC2)o1. The van der Waals surface area contributed by atoms with Crippen molar-refractivity contribution in [1.82, 2.24) is 20.3 Å². The van der Waals surface area contributed by atoms with Crippen LogP contribution in [0.3, 0.4) is 0 Å². The number of hydrogen-bond acceptors (Lipinski definition) is 7. The molecule has 0 aliphatic carbocycles. The van der Waals surface area contributed by atoms with E-state index in [1.807, 2.05) is 36.6 Å². The van der Waals surface area contributed by atoms with Crippen molar-refractivity contribution in [3.05, 3.63) is 52.9 Å². The summed E-state index contributed by atoms with van der Waals surface area (Å²) in [4.78, 5) is 18.2. The van der Waals surface area contributed by atoms with Crippen molar-refractivity contribution in [2.75, 3.05) is 39.8 Å². The fourth-order valence-corrected chi connectivity index (χ4v) is 4.05. The van der Waals surface area contributed by atoms with Gasteiger partial charge in [-0.05, 0) is 37.6 Å². The maximum absolute atomic E-state index is 12.6. The van der Waals surface area contributed by atoms with E-state index < -0.39 is 0 Å². The third-order valence-corrected chi connectivity index (χ3v) is 5.92. The Balaban J connectivity index is 1.44. The van der Waals surface area contributed by atoms with Crippen LogP contribution in [0.25, 0.3) is 10.6 Å². The Labute approximate surface area is 167 Å². The summed E-state index contributed by atoms with van der Waals surface area (Å²) in [5.41, 5.74) is 0.288. The molecule has 1 saturated heterocycles. The fourth-order valence-electron chi connectivity index (χ4n) is 3.37. The summed E-state index contributed by atoms with van der Waals surface area (Å²) in [7, 11) is 2.13. The molecule has 1 fully saturated rings. The molecular formula is C20H24N4O3S. The quantitative estimate of drug-likeness (QED) is 0.686. The lowest BCUT2D eigenvalue weighted by molar-refractivity contribution is 0.0843. The molecule has 1 amide bonds. The van der Waals surface area contributed by atoms with Gasteiger partial charge < -0.3 is 19.2 Å². The number of aromatic nitrogens is 1. The van der Waals surface area contributed by atoms with E-state index in [2.05, 4.69) is 27.3 Å². The summed E-state index contributed by atoms with van der Waals surface area (Å²) in [5.74, 6) is 2.12. The number of amides is 1. The molecule has 0 radical (unpaired) electrons. The maximum atomic E-state index is 12.6. The normalized spacial score (nSPS) is 16.9. The number of furan rings is 1. The lowest BCUT2D eigenvalue weighted by Crippen LogP contribution is -2.48. The Morgan fingerprint density at radius 1 is 1.29 bits per heavy atom. The first-order chi connectivity index (χ1) is 13.6. The van der Waals surface area contributed by atoms with Gasteiger partial charge in [-0.1, -0.05) is 11.2 Å². The van der Waals surface area contributed by atoms with Gasteiger partial charge >= 0.3 is 0 Å². The van der Waals surface area contributed by atoms with E-state index >= 15 is 0 Å². The molecule has 0 saturated carbocycles. The lowest BCUT2D eigenvalue weighted by atomic mass is 10.1. The highest BCUT2D eigenvalue weighted by Gasteiger charge is 2.27. The van der Waals surface area contributed by atoms with Crippen LogP contribution in [-0.4, -0.2) is 60.6 Å². The van der Waals surface area contributed by atoms with Crippen molar-refractivity contribution >= 4 is 17.2 Å². The van der Waals surface area contributed by atoms with Crippen LogP contribution in [0.2, 0.25) is 0 Å². The summed E-state index contributed by atoms with van der Waals surface area (Å²) in [6.45, 7) is 6.25. The summed E-state index contributed by atoms with van der Waals surface area (Å²) >= 11 is 1.55. The third kappa shape index (κ3) is 4.19. The molecule has 0 aromatic carbocycles. The first-order valence-electron chi connectivity index (χ1n) is 9.38. The minimum Gasteiger partial charge on any atom is -0.465 e. The zero-order chi connectivity index (χ0) is 19.5. The van der Waals surface area contributed by atoms with Gasteiger partial charge in [0.25, 0.3) is 5.91 Å². The van der Waals surface area contributed by atoms with Crippen molar-refractivity contribution in [3.63, 3.8) is 0 Å². The molecule has 148 valence electrons. The first kappa shape index (κ1) is 18.9. The Bertz CT molecular complexity index is 910. The first-order valence-corrected chi connectivity index (χ1v) is 10.3. The van der Waals surface area contributed by atoms with Crippen molar-refractivity contribution in [1.29, 1.82) is 0 Å². The number of nitrogens with zero attached hydrogens (tertiary/aromatic N) is 3. The predicted molar refractivity (Wildman–Crippen MR) is 107 cm³/mol. The van der Waals surface area contributed by atoms with Gasteiger partial charge in [0.2, 0.25) is 0 Å². The topological polar surface area (TPSA) is 74.8 Å². The smallest absolute Gasteiger partial charge is 0.273 e. The van der Waals surface area contributed by atoms with Crippen LogP contribution in [0, 0.1) is 6.92 Å². The number of carbonyl (C=O) groups is 1. The highest BCUT2D eigenvalue weighted by atomic mass is 32.1. The molecule has 1 unspecified atom stereocenters. The fraction of sp³-hybridized carbons (Fsp3) is 0.400. The average Bonchev–Trinajstić information content (AvgIpc) is 3.44. The van der Waals surface area contributed by atoms with Crippen molar-refractivity contribution in [2.45, 2.75) is 13.0 Å². The number of aryl methyl sites for hydroxylation is 1. The van der Waals surface area contributed by atoms with Gasteiger partial charge in [0.15, 0.2) is 11.5 Å². The number of likely N-dealkylation sites (N-methyl/N-ethyl adjacent to an activating group) is 1. The summed E-state index contributed by atoms with van der Waals surface area (Å²) in [6.07, 6.45) is 0. The summed E-state index contributed by atoms with van der Waals surface area (Å²) in [6, 6.07) is 9.52. The van der Waals surface area contributed by atoms with Gasteiger partial charge in [0, 0.05) is 38.8 Å². The van der Waals surface area contributed by atoms with E-state index in [9.17, 15) is 4.79 Å². The third-order valence-electron chi connectivity index (χ3n) is 5.03. The zero-order valence-corrected chi connectivity index (χ0v) is 16.9.